The van der Waals surface area contributed by atoms with E-state index in [1.165, 1.54) is 18.5 Å². The van der Waals surface area contributed by atoms with Crippen LogP contribution < -0.4 is 4.90 Å². The summed E-state index contributed by atoms with van der Waals surface area (Å²) >= 11 is 0. The van der Waals surface area contributed by atoms with Gasteiger partial charge in [-0.1, -0.05) is 24.6 Å². The summed E-state index contributed by atoms with van der Waals surface area (Å²) in [6.45, 7) is 6.22. The second kappa shape index (κ2) is 6.52. The lowest BCUT2D eigenvalue weighted by Crippen LogP contribution is -2.54. The highest BCUT2D eigenvalue weighted by Crippen LogP contribution is 2.29. The standard InChI is InChI=1S/C19H27N3O/c23-19(16-5-4-6-16)21-13-11-20(12-14-21)18-9-10-22(15-18)17-7-2-1-3-8-17/h1-3,7-8,16,18H,4-6,9-15H2/t18-/m0/s1. The van der Waals surface area contributed by atoms with Crippen LogP contribution in [-0.4, -0.2) is 61.0 Å². The Labute approximate surface area is 139 Å². The van der Waals surface area contributed by atoms with Crippen molar-refractivity contribution in [3.8, 4) is 0 Å². The van der Waals surface area contributed by atoms with Crippen molar-refractivity contribution in [3.63, 3.8) is 0 Å². The first-order chi connectivity index (χ1) is 11.3. The molecule has 0 aromatic heterocycles. The van der Waals surface area contributed by atoms with Crippen LogP contribution >= 0.6 is 0 Å². The summed E-state index contributed by atoms with van der Waals surface area (Å²) in [5.41, 5.74) is 1.34. The molecule has 3 aliphatic rings. The van der Waals surface area contributed by atoms with Gasteiger partial charge in [-0.2, -0.15) is 0 Å². The third-order valence-corrected chi connectivity index (χ3v) is 5.88. The highest BCUT2D eigenvalue weighted by molar-refractivity contribution is 5.79. The quantitative estimate of drug-likeness (QED) is 0.856. The molecule has 0 radical (unpaired) electrons. The van der Waals surface area contributed by atoms with Gasteiger partial charge in [0.2, 0.25) is 5.91 Å². The van der Waals surface area contributed by atoms with Gasteiger partial charge in [0.15, 0.2) is 0 Å². The zero-order chi connectivity index (χ0) is 15.6. The molecule has 1 aliphatic carbocycles. The summed E-state index contributed by atoms with van der Waals surface area (Å²) in [6.07, 6.45) is 4.72. The molecule has 0 bridgehead atoms. The molecule has 0 N–H and O–H groups in total. The van der Waals surface area contributed by atoms with Crippen LogP contribution in [0.15, 0.2) is 30.3 Å². The van der Waals surface area contributed by atoms with Crippen LogP contribution in [0.5, 0.6) is 0 Å². The lowest BCUT2D eigenvalue weighted by Gasteiger charge is -2.40. The number of anilines is 1. The van der Waals surface area contributed by atoms with Crippen LogP contribution in [0.2, 0.25) is 0 Å². The number of rotatable bonds is 3. The van der Waals surface area contributed by atoms with Gasteiger partial charge in [-0.3, -0.25) is 9.69 Å². The molecule has 4 rings (SSSR count). The van der Waals surface area contributed by atoms with Gasteiger partial charge in [-0.15, -0.1) is 0 Å². The number of nitrogens with zero attached hydrogens (tertiary/aromatic N) is 3. The number of amides is 1. The fraction of sp³-hybridized carbons (Fsp3) is 0.632. The fourth-order valence-electron chi connectivity index (χ4n) is 4.13. The van der Waals surface area contributed by atoms with Gasteiger partial charge >= 0.3 is 0 Å². The lowest BCUT2D eigenvalue weighted by molar-refractivity contribution is -0.140. The number of carbonyl (C=O) groups is 1. The monoisotopic (exact) mass is 313 g/mol. The maximum absolute atomic E-state index is 12.3. The maximum atomic E-state index is 12.3. The van der Waals surface area contributed by atoms with Gasteiger partial charge < -0.3 is 9.80 Å². The summed E-state index contributed by atoms with van der Waals surface area (Å²) in [4.78, 5) is 19.6. The SMILES string of the molecule is O=C(C1CCC1)N1CCN([C@H]2CCN(c3ccccc3)C2)CC1. The highest BCUT2D eigenvalue weighted by Gasteiger charge is 2.34. The Bertz CT molecular complexity index is 535. The molecule has 1 aromatic carbocycles. The van der Waals surface area contributed by atoms with E-state index in [2.05, 4.69) is 45.0 Å². The summed E-state index contributed by atoms with van der Waals surface area (Å²) in [7, 11) is 0. The van der Waals surface area contributed by atoms with Crippen molar-refractivity contribution in [1.82, 2.24) is 9.80 Å². The molecule has 23 heavy (non-hydrogen) atoms. The van der Waals surface area contributed by atoms with Crippen molar-refractivity contribution >= 4 is 11.6 Å². The fourth-order valence-corrected chi connectivity index (χ4v) is 4.13. The second-order valence-electron chi connectivity index (χ2n) is 7.21. The Morgan fingerprint density at radius 2 is 1.65 bits per heavy atom. The first-order valence-electron chi connectivity index (χ1n) is 9.14. The van der Waals surface area contributed by atoms with E-state index in [4.69, 9.17) is 0 Å². The van der Waals surface area contributed by atoms with Crippen molar-refractivity contribution in [1.29, 1.82) is 0 Å². The summed E-state index contributed by atoms with van der Waals surface area (Å²) in [5, 5.41) is 0. The predicted octanol–water partition coefficient (Wildman–Crippen LogP) is 2.21. The van der Waals surface area contributed by atoms with Crippen LogP contribution in [0.4, 0.5) is 5.69 Å². The minimum Gasteiger partial charge on any atom is -0.370 e. The van der Waals surface area contributed by atoms with Crippen molar-refractivity contribution < 1.29 is 4.79 Å². The van der Waals surface area contributed by atoms with Gasteiger partial charge in [-0.25, -0.2) is 0 Å². The molecule has 1 saturated carbocycles. The van der Waals surface area contributed by atoms with E-state index in [1.807, 2.05) is 0 Å². The molecule has 2 aliphatic heterocycles. The smallest absolute Gasteiger partial charge is 0.225 e. The Kier molecular flexibility index (Phi) is 4.25. The minimum atomic E-state index is 0.349. The van der Waals surface area contributed by atoms with E-state index in [9.17, 15) is 4.79 Å². The van der Waals surface area contributed by atoms with E-state index in [0.29, 0.717) is 17.9 Å². The molecule has 0 unspecified atom stereocenters. The molecule has 124 valence electrons. The number of carbonyl (C=O) groups excluding carboxylic acids is 1. The Balaban J connectivity index is 1.28. The zero-order valence-electron chi connectivity index (χ0n) is 13.9. The average molecular weight is 313 g/mol. The summed E-state index contributed by atoms with van der Waals surface area (Å²) in [6, 6.07) is 11.4. The number of hydrogen-bond acceptors (Lipinski definition) is 3. The van der Waals surface area contributed by atoms with Gasteiger partial charge in [0, 0.05) is 56.9 Å². The number of benzene rings is 1. The minimum absolute atomic E-state index is 0.349. The number of piperazine rings is 1. The summed E-state index contributed by atoms with van der Waals surface area (Å²) in [5.74, 6) is 0.773. The molecule has 4 nitrogen and oxygen atoms in total. The molecule has 1 aromatic rings. The van der Waals surface area contributed by atoms with E-state index in [0.717, 1.165) is 52.1 Å². The molecule has 4 heteroatoms. The van der Waals surface area contributed by atoms with Crippen molar-refractivity contribution in [3.05, 3.63) is 30.3 Å². The zero-order valence-corrected chi connectivity index (χ0v) is 13.9. The molecule has 1 amide bonds. The van der Waals surface area contributed by atoms with Crippen LogP contribution in [0, 0.1) is 5.92 Å². The predicted molar refractivity (Wildman–Crippen MR) is 92.6 cm³/mol. The van der Waals surface area contributed by atoms with E-state index in [-0.39, 0.29) is 0 Å². The molecular formula is C19H27N3O. The summed E-state index contributed by atoms with van der Waals surface area (Å²) < 4.78 is 0. The number of hydrogen-bond donors (Lipinski definition) is 0. The molecule has 3 fully saturated rings. The van der Waals surface area contributed by atoms with Crippen LogP contribution in [0.25, 0.3) is 0 Å². The van der Waals surface area contributed by atoms with Crippen LogP contribution in [-0.2, 0) is 4.79 Å². The topological polar surface area (TPSA) is 26.8 Å². The van der Waals surface area contributed by atoms with Gasteiger partial charge in [0.1, 0.15) is 0 Å². The van der Waals surface area contributed by atoms with E-state index in [1.54, 1.807) is 0 Å². The average Bonchev–Trinajstić information content (AvgIpc) is 3.04. The maximum Gasteiger partial charge on any atom is 0.225 e. The lowest BCUT2D eigenvalue weighted by atomic mass is 9.84. The Morgan fingerprint density at radius 1 is 0.913 bits per heavy atom. The van der Waals surface area contributed by atoms with E-state index < -0.39 is 0 Å². The third kappa shape index (κ3) is 3.09. The van der Waals surface area contributed by atoms with E-state index >= 15 is 0 Å². The van der Waals surface area contributed by atoms with Gasteiger partial charge in [-0.05, 0) is 31.4 Å². The molecule has 2 saturated heterocycles. The van der Waals surface area contributed by atoms with Crippen LogP contribution in [0.3, 0.4) is 0 Å². The number of para-hydroxylation sites is 1. The highest BCUT2D eigenvalue weighted by atomic mass is 16.2. The molecule has 2 heterocycles. The first-order valence-corrected chi connectivity index (χ1v) is 9.14. The third-order valence-electron chi connectivity index (χ3n) is 5.88. The van der Waals surface area contributed by atoms with Crippen molar-refractivity contribution in [2.45, 2.75) is 31.7 Å². The first kappa shape index (κ1) is 15.0. The largest absolute Gasteiger partial charge is 0.370 e. The normalized spacial score (nSPS) is 26.3. The molecule has 0 spiro atoms. The van der Waals surface area contributed by atoms with Crippen LogP contribution in [0.1, 0.15) is 25.7 Å². The Hall–Kier alpha value is -1.55. The second-order valence-corrected chi connectivity index (χ2v) is 7.21. The molecular weight excluding hydrogens is 286 g/mol. The van der Waals surface area contributed by atoms with Crippen molar-refractivity contribution in [2.75, 3.05) is 44.2 Å². The Morgan fingerprint density at radius 3 is 2.30 bits per heavy atom. The van der Waals surface area contributed by atoms with Gasteiger partial charge in [0.05, 0.1) is 0 Å². The van der Waals surface area contributed by atoms with Gasteiger partial charge in [0.25, 0.3) is 0 Å². The molecule has 1 atom stereocenters. The van der Waals surface area contributed by atoms with Crippen molar-refractivity contribution in [2.24, 2.45) is 5.92 Å².